The number of rotatable bonds is 6. The van der Waals surface area contributed by atoms with Gasteiger partial charge in [-0.2, -0.15) is 0 Å². The van der Waals surface area contributed by atoms with Crippen molar-refractivity contribution >= 4 is 44.9 Å². The molecule has 1 amide bonds. The van der Waals surface area contributed by atoms with Crippen molar-refractivity contribution in [2.75, 3.05) is 12.3 Å². The Morgan fingerprint density at radius 1 is 1.75 bits per heavy atom. The van der Waals surface area contributed by atoms with Crippen LogP contribution in [0.1, 0.15) is 10.7 Å². The number of nitrogens with zero attached hydrogens (tertiary/aromatic N) is 1. The van der Waals surface area contributed by atoms with Gasteiger partial charge in [0.25, 0.3) is 0 Å². The van der Waals surface area contributed by atoms with Gasteiger partial charge in [0.2, 0.25) is 5.91 Å². The summed E-state index contributed by atoms with van der Waals surface area (Å²) in [6.45, 7) is 6.10. The monoisotopic (exact) mass is 320 g/mol. The van der Waals surface area contributed by atoms with Crippen molar-refractivity contribution in [2.45, 2.75) is 12.7 Å². The lowest BCUT2D eigenvalue weighted by atomic mass is 10.6. The van der Waals surface area contributed by atoms with Crippen LogP contribution >= 0.6 is 39.0 Å². The van der Waals surface area contributed by atoms with Gasteiger partial charge < -0.3 is 5.32 Å². The summed E-state index contributed by atoms with van der Waals surface area (Å²) < 4.78 is 0.779. The van der Waals surface area contributed by atoms with Crippen molar-refractivity contribution in [2.24, 2.45) is 0 Å². The largest absolute Gasteiger partial charge is 0.351 e. The second kappa shape index (κ2) is 7.09. The highest BCUT2D eigenvalue weighted by molar-refractivity contribution is 9.11. The third-order valence-electron chi connectivity index (χ3n) is 1.63. The van der Waals surface area contributed by atoms with Gasteiger partial charge in [0.15, 0.2) is 0 Å². The first-order valence-electron chi connectivity index (χ1n) is 4.66. The molecule has 88 valence electrons. The van der Waals surface area contributed by atoms with Gasteiger partial charge in [-0.3, -0.25) is 4.79 Å². The summed E-state index contributed by atoms with van der Waals surface area (Å²) in [5.41, 5.74) is 1.05. The third-order valence-corrected chi connectivity index (χ3v) is 3.70. The average molecular weight is 321 g/mol. The van der Waals surface area contributed by atoms with Gasteiger partial charge in [-0.05, 0) is 6.92 Å². The lowest BCUT2D eigenvalue weighted by Gasteiger charge is -2.02. The molecule has 0 spiro atoms. The van der Waals surface area contributed by atoms with Crippen molar-refractivity contribution in [3.63, 3.8) is 0 Å². The van der Waals surface area contributed by atoms with Gasteiger partial charge in [-0.15, -0.1) is 23.1 Å². The maximum atomic E-state index is 11.3. The topological polar surface area (TPSA) is 42.0 Å². The maximum Gasteiger partial charge on any atom is 0.230 e. The van der Waals surface area contributed by atoms with Crippen molar-refractivity contribution in [3.05, 3.63) is 27.1 Å². The minimum atomic E-state index is 0.0255. The zero-order chi connectivity index (χ0) is 12.0. The van der Waals surface area contributed by atoms with Gasteiger partial charge in [0.05, 0.1) is 16.5 Å². The molecule has 0 saturated heterocycles. The van der Waals surface area contributed by atoms with E-state index in [0.717, 1.165) is 20.9 Å². The zero-order valence-corrected chi connectivity index (χ0v) is 12.2. The van der Waals surface area contributed by atoms with E-state index in [2.05, 4.69) is 32.8 Å². The van der Waals surface area contributed by atoms with Crippen molar-refractivity contribution < 1.29 is 4.79 Å². The third kappa shape index (κ3) is 5.67. The number of aryl methyl sites for hydroxylation is 1. The fourth-order valence-electron chi connectivity index (χ4n) is 0.968. The van der Waals surface area contributed by atoms with Gasteiger partial charge in [0.1, 0.15) is 0 Å². The number of halogens is 1. The van der Waals surface area contributed by atoms with Gasteiger partial charge in [-0.1, -0.05) is 22.5 Å². The summed E-state index contributed by atoms with van der Waals surface area (Å²) in [5, 5.41) is 5.84. The summed E-state index contributed by atoms with van der Waals surface area (Å²) in [6.07, 6.45) is 0. The van der Waals surface area contributed by atoms with Gasteiger partial charge in [0, 0.05) is 22.2 Å². The van der Waals surface area contributed by atoms with Crippen LogP contribution in [0.5, 0.6) is 0 Å². The van der Waals surface area contributed by atoms with Crippen LogP contribution in [0, 0.1) is 6.92 Å². The summed E-state index contributed by atoms with van der Waals surface area (Å²) in [7, 11) is 0. The number of aromatic nitrogens is 1. The molecule has 0 radical (unpaired) electrons. The molecule has 6 heteroatoms. The van der Waals surface area contributed by atoms with E-state index in [1.807, 2.05) is 12.3 Å². The molecule has 0 aliphatic carbocycles. The summed E-state index contributed by atoms with van der Waals surface area (Å²) in [4.78, 5) is 15.7. The molecular formula is C10H13BrN2OS2. The number of hydrogen-bond acceptors (Lipinski definition) is 4. The molecule has 0 aromatic carbocycles. The molecule has 1 aromatic rings. The smallest absolute Gasteiger partial charge is 0.230 e. The van der Waals surface area contributed by atoms with E-state index in [1.54, 1.807) is 23.1 Å². The SMILES string of the molecule is C=C(Br)CNC(=O)CSCc1csc(C)n1. The van der Waals surface area contributed by atoms with Crippen LogP contribution in [0.4, 0.5) is 0 Å². The van der Waals surface area contributed by atoms with Crippen LogP contribution in [0.15, 0.2) is 16.4 Å². The Morgan fingerprint density at radius 2 is 2.50 bits per heavy atom. The number of nitrogens with one attached hydrogen (secondary N) is 1. The normalized spacial score (nSPS) is 10.1. The number of thiazole rings is 1. The van der Waals surface area contributed by atoms with Crippen LogP contribution in [0.25, 0.3) is 0 Å². The predicted octanol–water partition coefficient (Wildman–Crippen LogP) is 2.71. The molecule has 0 aliphatic heterocycles. The molecule has 1 heterocycles. The van der Waals surface area contributed by atoms with E-state index in [4.69, 9.17) is 0 Å². The lowest BCUT2D eigenvalue weighted by molar-refractivity contribution is -0.118. The number of thioether (sulfide) groups is 1. The molecule has 1 aromatic heterocycles. The number of hydrogen-bond donors (Lipinski definition) is 1. The molecular weight excluding hydrogens is 308 g/mol. The number of carbonyl (C=O) groups is 1. The van der Waals surface area contributed by atoms with Crippen LogP contribution in [-0.4, -0.2) is 23.2 Å². The molecule has 16 heavy (non-hydrogen) atoms. The van der Waals surface area contributed by atoms with Crippen molar-refractivity contribution in [3.8, 4) is 0 Å². The van der Waals surface area contributed by atoms with Crippen LogP contribution in [-0.2, 0) is 10.5 Å². The highest BCUT2D eigenvalue weighted by Gasteiger charge is 2.03. The Balaban J connectivity index is 2.15. The van der Waals surface area contributed by atoms with Crippen LogP contribution in [0.3, 0.4) is 0 Å². The predicted molar refractivity (Wildman–Crippen MR) is 74.1 cm³/mol. The molecule has 0 saturated carbocycles. The lowest BCUT2D eigenvalue weighted by Crippen LogP contribution is -2.26. The van der Waals surface area contributed by atoms with E-state index in [9.17, 15) is 4.79 Å². The minimum absolute atomic E-state index is 0.0255. The average Bonchev–Trinajstić information content (AvgIpc) is 2.61. The number of amides is 1. The van der Waals surface area contributed by atoms with Crippen LogP contribution in [0.2, 0.25) is 0 Å². The minimum Gasteiger partial charge on any atom is -0.351 e. The first-order valence-corrected chi connectivity index (χ1v) is 7.49. The van der Waals surface area contributed by atoms with E-state index in [0.29, 0.717) is 12.3 Å². The quantitative estimate of drug-likeness (QED) is 0.876. The Hall–Kier alpha value is -0.330. The Kier molecular flexibility index (Phi) is 6.08. The maximum absolute atomic E-state index is 11.3. The number of carbonyl (C=O) groups excluding carboxylic acids is 1. The first kappa shape index (κ1) is 13.7. The molecule has 0 atom stereocenters. The molecule has 1 rings (SSSR count). The molecule has 0 unspecified atom stereocenters. The highest BCUT2D eigenvalue weighted by Crippen LogP contribution is 2.14. The standard InChI is InChI=1S/C10H13BrN2OS2/c1-7(11)3-12-10(14)6-15-4-9-5-16-8(2)13-9/h5H,1,3-4,6H2,2H3,(H,12,14). The fraction of sp³-hybridized carbons (Fsp3) is 0.400. The molecule has 0 aliphatic rings. The molecule has 0 bridgehead atoms. The second-order valence-electron chi connectivity index (χ2n) is 3.14. The molecule has 3 nitrogen and oxygen atoms in total. The van der Waals surface area contributed by atoms with E-state index in [1.165, 1.54) is 0 Å². The summed E-state index contributed by atoms with van der Waals surface area (Å²) in [5.74, 6) is 1.27. The Bertz CT molecular complexity index is 379. The zero-order valence-electron chi connectivity index (χ0n) is 8.96. The van der Waals surface area contributed by atoms with Crippen molar-refractivity contribution in [1.82, 2.24) is 10.3 Å². The van der Waals surface area contributed by atoms with Crippen molar-refractivity contribution in [1.29, 1.82) is 0 Å². The summed E-state index contributed by atoms with van der Waals surface area (Å²) >= 11 is 6.39. The van der Waals surface area contributed by atoms with E-state index < -0.39 is 0 Å². The second-order valence-corrected chi connectivity index (χ2v) is 6.31. The van der Waals surface area contributed by atoms with Gasteiger partial charge >= 0.3 is 0 Å². The van der Waals surface area contributed by atoms with Gasteiger partial charge in [-0.25, -0.2) is 4.98 Å². The Labute approximate surface area is 112 Å². The van der Waals surface area contributed by atoms with E-state index in [-0.39, 0.29) is 5.91 Å². The molecule has 0 fully saturated rings. The highest BCUT2D eigenvalue weighted by atomic mass is 79.9. The first-order chi connectivity index (χ1) is 7.58. The molecule has 1 N–H and O–H groups in total. The summed E-state index contributed by atoms with van der Waals surface area (Å²) in [6, 6.07) is 0. The fourth-order valence-corrected chi connectivity index (χ4v) is 2.57. The Morgan fingerprint density at radius 3 is 3.06 bits per heavy atom. The van der Waals surface area contributed by atoms with E-state index >= 15 is 0 Å². The van der Waals surface area contributed by atoms with Crippen LogP contribution < -0.4 is 5.32 Å².